The van der Waals surface area contributed by atoms with E-state index in [1.807, 2.05) is 4.90 Å². The predicted molar refractivity (Wildman–Crippen MR) is 136 cm³/mol. The number of esters is 1. The van der Waals surface area contributed by atoms with Gasteiger partial charge in [0, 0.05) is 25.4 Å². The summed E-state index contributed by atoms with van der Waals surface area (Å²) in [6, 6.07) is -0.443. The Morgan fingerprint density at radius 3 is 2.29 bits per heavy atom. The maximum Gasteiger partial charge on any atom is 0.314 e. The molecule has 0 radical (unpaired) electrons. The smallest absolute Gasteiger partial charge is 0.314 e. The van der Waals surface area contributed by atoms with Gasteiger partial charge in [-0.1, -0.05) is 41.5 Å². The molecule has 2 saturated heterocycles. The number of hydrogen-bond donors (Lipinski definition) is 0. The zero-order valence-corrected chi connectivity index (χ0v) is 23.2. The van der Waals surface area contributed by atoms with Crippen molar-refractivity contribution in [3.05, 3.63) is 18.7 Å². The van der Waals surface area contributed by atoms with Crippen molar-refractivity contribution >= 4 is 37.6 Å². The Hall–Kier alpha value is -1.78. The lowest BCUT2D eigenvalue weighted by Gasteiger charge is -2.46. The summed E-state index contributed by atoms with van der Waals surface area (Å²) in [6.45, 7) is 14.0. The molecular weight excluding hydrogens is 470 g/mol. The van der Waals surface area contributed by atoms with Crippen LogP contribution in [-0.2, 0) is 23.5 Å². The van der Waals surface area contributed by atoms with Crippen LogP contribution in [0.1, 0.15) is 60.8 Å². The van der Waals surface area contributed by atoms with E-state index in [0.717, 1.165) is 0 Å². The lowest BCUT2D eigenvalue weighted by molar-refractivity contribution is -0.153. The van der Waals surface area contributed by atoms with Crippen LogP contribution in [0.5, 0.6) is 0 Å². The van der Waals surface area contributed by atoms with Crippen LogP contribution in [0.3, 0.4) is 0 Å². The summed E-state index contributed by atoms with van der Waals surface area (Å²) in [5.74, 6) is -1.07. The molecule has 10 heteroatoms. The van der Waals surface area contributed by atoms with E-state index < -0.39 is 32.4 Å². The first kappa shape index (κ1) is 26.8. The van der Waals surface area contributed by atoms with Crippen LogP contribution < -0.4 is 0 Å². The molecule has 0 N–H and O–H groups in total. The highest BCUT2D eigenvalue weighted by atomic mass is 32.1. The molecule has 0 unspecified atom stereocenters. The molecule has 1 aromatic rings. The van der Waals surface area contributed by atoms with Crippen molar-refractivity contribution in [2.75, 3.05) is 13.7 Å². The van der Waals surface area contributed by atoms with Crippen molar-refractivity contribution in [1.82, 2.24) is 14.5 Å². The third kappa shape index (κ3) is 4.95. The molecular formula is C24H39N3O5SSi. The van der Waals surface area contributed by atoms with Gasteiger partial charge in [0.25, 0.3) is 5.17 Å². The zero-order valence-electron chi connectivity index (χ0n) is 21.4. The van der Waals surface area contributed by atoms with E-state index in [0.29, 0.717) is 36.0 Å². The highest BCUT2D eigenvalue weighted by molar-refractivity contribution is 7.80. The molecule has 1 amide bonds. The van der Waals surface area contributed by atoms with Gasteiger partial charge in [-0.05, 0) is 41.7 Å². The lowest BCUT2D eigenvalue weighted by atomic mass is 9.89. The summed E-state index contributed by atoms with van der Waals surface area (Å²) in [5, 5.41) is 0.197. The van der Waals surface area contributed by atoms with Crippen LogP contribution in [-0.4, -0.2) is 71.7 Å². The molecule has 1 aromatic heterocycles. The van der Waals surface area contributed by atoms with Crippen molar-refractivity contribution in [2.45, 2.75) is 95.7 Å². The van der Waals surface area contributed by atoms with Crippen molar-refractivity contribution in [3.8, 4) is 0 Å². The highest BCUT2D eigenvalue weighted by Crippen LogP contribution is 2.46. The molecule has 4 atom stereocenters. The zero-order chi connectivity index (χ0) is 25.2. The van der Waals surface area contributed by atoms with Gasteiger partial charge >= 0.3 is 5.97 Å². The number of fused-ring (bicyclic) bond motifs is 1. The van der Waals surface area contributed by atoms with Crippen molar-refractivity contribution in [2.24, 2.45) is 5.92 Å². The molecule has 3 rings (SSSR count). The standard InChI is InChI=1S/C24H39N3O5SSi/c1-15(2)34(16(3)4,17(5)6)32-19-10-12-27-20(28)9-8-18(21(22(19)27)23(29)30-7)31-24(33)26-13-11-25-14-26/h11,13-19,21-22H,8-10,12H2,1-7H3/t18-,19-,21-,22-/m0/s1. The minimum atomic E-state index is -2.25. The third-order valence-corrected chi connectivity index (χ3v) is 14.1. The first-order valence-corrected chi connectivity index (χ1v) is 14.8. The number of rotatable bonds is 7. The fourth-order valence-corrected chi connectivity index (χ4v) is 12.1. The topological polar surface area (TPSA) is 82.9 Å². The Labute approximate surface area is 209 Å². The van der Waals surface area contributed by atoms with Crippen LogP contribution in [0.4, 0.5) is 0 Å². The third-order valence-electron chi connectivity index (χ3n) is 7.63. The SMILES string of the molecule is COC(=O)[C@@H]1[C@@H]2[C@@H](O[Si](C(C)C)(C(C)C)C(C)C)CCN2C(=O)CC[C@@H]1OC(=S)n1ccnc1. The van der Waals surface area contributed by atoms with Crippen molar-refractivity contribution < 1.29 is 23.5 Å². The quantitative estimate of drug-likeness (QED) is 0.310. The number of methoxy groups -OCH3 is 1. The summed E-state index contributed by atoms with van der Waals surface area (Å²) in [4.78, 5) is 32.2. The summed E-state index contributed by atoms with van der Waals surface area (Å²) in [6.07, 6.45) is 5.38. The molecule has 2 fully saturated rings. The number of carbonyl (C=O) groups is 2. The van der Waals surface area contributed by atoms with Gasteiger partial charge in [0.2, 0.25) is 14.2 Å². The fraction of sp³-hybridized carbons (Fsp3) is 0.750. The molecule has 8 nitrogen and oxygen atoms in total. The molecule has 2 aliphatic heterocycles. The van der Waals surface area contributed by atoms with E-state index in [4.69, 9.17) is 26.1 Å². The van der Waals surface area contributed by atoms with Gasteiger partial charge in [0.15, 0.2) is 0 Å². The molecule has 0 saturated carbocycles. The summed E-state index contributed by atoms with van der Waals surface area (Å²) in [5.41, 5.74) is 1.17. The van der Waals surface area contributed by atoms with Gasteiger partial charge in [0.05, 0.1) is 19.3 Å². The van der Waals surface area contributed by atoms with Crippen molar-refractivity contribution in [3.63, 3.8) is 0 Å². The highest BCUT2D eigenvalue weighted by Gasteiger charge is 2.55. The Balaban J connectivity index is 1.99. The van der Waals surface area contributed by atoms with E-state index in [1.165, 1.54) is 7.11 Å². The molecule has 34 heavy (non-hydrogen) atoms. The second-order valence-electron chi connectivity index (χ2n) is 10.3. The normalized spacial score (nSPS) is 25.6. The predicted octanol–water partition coefficient (Wildman–Crippen LogP) is 4.15. The Kier molecular flexibility index (Phi) is 8.57. The average molecular weight is 510 g/mol. The Morgan fingerprint density at radius 1 is 1.12 bits per heavy atom. The number of carbonyl (C=O) groups excluding carboxylic acids is 2. The number of ether oxygens (including phenoxy) is 2. The van der Waals surface area contributed by atoms with E-state index in [9.17, 15) is 9.59 Å². The molecule has 0 aliphatic carbocycles. The first-order chi connectivity index (χ1) is 16.0. The summed E-state index contributed by atoms with van der Waals surface area (Å²) in [7, 11) is -0.869. The second kappa shape index (κ2) is 10.9. The van der Waals surface area contributed by atoms with Crippen LogP contribution in [0, 0.1) is 5.92 Å². The fourth-order valence-electron chi connectivity index (χ4n) is 6.23. The molecule has 2 aliphatic rings. The van der Waals surface area contributed by atoms with Crippen molar-refractivity contribution in [1.29, 1.82) is 0 Å². The molecule has 0 bridgehead atoms. The number of nitrogens with zero attached hydrogens (tertiary/aromatic N) is 3. The maximum atomic E-state index is 13.2. The average Bonchev–Trinajstić information content (AvgIpc) is 3.42. The monoisotopic (exact) mass is 509 g/mol. The number of amides is 1. The molecule has 0 aromatic carbocycles. The van der Waals surface area contributed by atoms with Crippen LogP contribution in [0.2, 0.25) is 16.6 Å². The van der Waals surface area contributed by atoms with E-state index in [2.05, 4.69) is 46.5 Å². The van der Waals surface area contributed by atoms with E-state index in [1.54, 1.807) is 23.3 Å². The minimum Gasteiger partial charge on any atom is -0.469 e. The van der Waals surface area contributed by atoms with Gasteiger partial charge in [-0.15, -0.1) is 0 Å². The largest absolute Gasteiger partial charge is 0.469 e. The maximum absolute atomic E-state index is 13.2. The van der Waals surface area contributed by atoms with E-state index in [-0.39, 0.29) is 23.6 Å². The number of aromatic nitrogens is 2. The Morgan fingerprint density at radius 2 is 1.76 bits per heavy atom. The van der Waals surface area contributed by atoms with E-state index >= 15 is 0 Å². The van der Waals surface area contributed by atoms with Crippen LogP contribution >= 0.6 is 12.2 Å². The second-order valence-corrected chi connectivity index (χ2v) is 16.1. The minimum absolute atomic E-state index is 0.0237. The molecule has 3 heterocycles. The van der Waals surface area contributed by atoms with Gasteiger partial charge < -0.3 is 18.8 Å². The Bertz CT molecular complexity index is 854. The molecule has 190 valence electrons. The van der Waals surface area contributed by atoms with Gasteiger partial charge in [-0.3, -0.25) is 14.2 Å². The van der Waals surface area contributed by atoms with Gasteiger partial charge in [-0.25, -0.2) is 4.98 Å². The first-order valence-electron chi connectivity index (χ1n) is 12.3. The summed E-state index contributed by atoms with van der Waals surface area (Å²) >= 11 is 5.47. The van der Waals surface area contributed by atoms with Gasteiger partial charge in [0.1, 0.15) is 18.3 Å². The number of imidazole rings is 1. The lowest BCUT2D eigenvalue weighted by Crippen LogP contribution is -2.56. The molecule has 0 spiro atoms. The number of hydrogen-bond acceptors (Lipinski definition) is 7. The van der Waals surface area contributed by atoms with Gasteiger partial charge in [-0.2, -0.15) is 0 Å². The number of thiocarbonyl (C=S) groups is 1. The summed E-state index contributed by atoms with van der Waals surface area (Å²) < 4.78 is 20.1. The van der Waals surface area contributed by atoms with Crippen LogP contribution in [0.25, 0.3) is 0 Å². The van der Waals surface area contributed by atoms with Crippen LogP contribution in [0.15, 0.2) is 18.7 Å².